The number of hydrogen-bond acceptors (Lipinski definition) is 6. The van der Waals surface area contributed by atoms with Crippen molar-refractivity contribution in [2.24, 2.45) is 0 Å². The van der Waals surface area contributed by atoms with Gasteiger partial charge in [0.05, 0.1) is 21.2 Å². The van der Waals surface area contributed by atoms with Gasteiger partial charge in [-0.1, -0.05) is 11.6 Å². The molecule has 0 bridgehead atoms. The Kier molecular flexibility index (Phi) is 6.30. The van der Waals surface area contributed by atoms with Gasteiger partial charge in [0.1, 0.15) is 5.82 Å². The zero-order valence-electron chi connectivity index (χ0n) is 14.3. The van der Waals surface area contributed by atoms with Gasteiger partial charge in [-0.05, 0) is 31.2 Å². The minimum atomic E-state index is -1.23. The molecule has 2 N–H and O–H groups in total. The molecule has 0 aliphatic rings. The van der Waals surface area contributed by atoms with Crippen molar-refractivity contribution in [2.75, 3.05) is 17.7 Å². The molecule has 2 aromatic carbocycles. The summed E-state index contributed by atoms with van der Waals surface area (Å²) in [4.78, 5) is 34.8. The number of anilines is 2. The molecule has 0 aliphatic heterocycles. The van der Waals surface area contributed by atoms with Gasteiger partial charge in [0, 0.05) is 24.9 Å². The highest BCUT2D eigenvalue weighted by molar-refractivity contribution is 6.33. The number of carbonyl (C=O) groups is 2. The molecule has 0 aromatic heterocycles. The van der Waals surface area contributed by atoms with Crippen molar-refractivity contribution in [3.05, 3.63) is 62.9 Å². The fraction of sp³-hybridized carbons (Fsp3) is 0.176. The highest BCUT2D eigenvalue weighted by Crippen LogP contribution is 2.24. The lowest BCUT2D eigenvalue weighted by atomic mass is 10.1. The molecule has 2 aromatic rings. The average Bonchev–Trinajstić information content (AvgIpc) is 2.63. The smallest absolute Gasteiger partial charge is 0.341 e. The number of nitro benzene ring substituents is 1. The van der Waals surface area contributed by atoms with E-state index in [9.17, 15) is 24.1 Å². The number of ether oxygens (including phenoxy) is 1. The molecule has 0 fully saturated rings. The second kappa shape index (κ2) is 8.45. The van der Waals surface area contributed by atoms with Crippen molar-refractivity contribution in [3.8, 4) is 0 Å². The third kappa shape index (κ3) is 4.91. The summed E-state index contributed by atoms with van der Waals surface area (Å²) in [5, 5.41) is 16.0. The lowest BCUT2D eigenvalue weighted by Crippen LogP contribution is -2.30. The maximum atomic E-state index is 13.0. The summed E-state index contributed by atoms with van der Waals surface area (Å²) in [6.07, 6.45) is -1.23. The van der Waals surface area contributed by atoms with Crippen molar-refractivity contribution in [3.63, 3.8) is 0 Å². The summed E-state index contributed by atoms with van der Waals surface area (Å²) in [5.74, 6) is -2.19. The van der Waals surface area contributed by atoms with Crippen LogP contribution < -0.4 is 10.6 Å². The molecule has 10 heteroatoms. The zero-order valence-corrected chi connectivity index (χ0v) is 15.0. The van der Waals surface area contributed by atoms with Crippen LogP contribution in [0.25, 0.3) is 0 Å². The third-order valence-corrected chi connectivity index (χ3v) is 3.86. The third-order valence-electron chi connectivity index (χ3n) is 3.55. The van der Waals surface area contributed by atoms with Gasteiger partial charge in [-0.25, -0.2) is 9.18 Å². The summed E-state index contributed by atoms with van der Waals surface area (Å²) in [6, 6.07) is 7.04. The first-order valence-electron chi connectivity index (χ1n) is 7.66. The predicted molar refractivity (Wildman–Crippen MR) is 97.6 cm³/mol. The fourth-order valence-electron chi connectivity index (χ4n) is 2.14. The Morgan fingerprint density at radius 2 is 1.89 bits per heavy atom. The Morgan fingerprint density at radius 1 is 1.22 bits per heavy atom. The van der Waals surface area contributed by atoms with Crippen LogP contribution in [0.1, 0.15) is 17.3 Å². The van der Waals surface area contributed by atoms with E-state index >= 15 is 0 Å². The average molecular weight is 396 g/mol. The maximum Gasteiger partial charge on any atom is 0.341 e. The molecule has 1 atom stereocenters. The van der Waals surface area contributed by atoms with Crippen LogP contribution in [0.15, 0.2) is 36.4 Å². The number of esters is 1. The van der Waals surface area contributed by atoms with Crippen LogP contribution in [0.4, 0.5) is 21.5 Å². The van der Waals surface area contributed by atoms with Crippen LogP contribution in [-0.2, 0) is 9.53 Å². The Balaban J connectivity index is 2.13. The fourth-order valence-corrected chi connectivity index (χ4v) is 2.35. The van der Waals surface area contributed by atoms with E-state index < -0.39 is 28.7 Å². The Hall–Kier alpha value is -3.20. The first-order valence-corrected chi connectivity index (χ1v) is 8.03. The Morgan fingerprint density at radius 3 is 2.48 bits per heavy atom. The summed E-state index contributed by atoms with van der Waals surface area (Å²) in [7, 11) is 1.53. The number of non-ortho nitro benzene ring substituents is 1. The van der Waals surface area contributed by atoms with Gasteiger partial charge in [0.25, 0.3) is 11.6 Å². The van der Waals surface area contributed by atoms with E-state index in [4.69, 9.17) is 16.3 Å². The molecule has 0 unspecified atom stereocenters. The van der Waals surface area contributed by atoms with E-state index in [0.29, 0.717) is 5.69 Å². The Labute approximate surface area is 158 Å². The van der Waals surface area contributed by atoms with Gasteiger partial charge >= 0.3 is 5.97 Å². The van der Waals surface area contributed by atoms with Crippen molar-refractivity contribution in [2.45, 2.75) is 13.0 Å². The van der Waals surface area contributed by atoms with E-state index in [-0.39, 0.29) is 22.0 Å². The highest BCUT2D eigenvalue weighted by Gasteiger charge is 2.23. The molecule has 2 rings (SSSR count). The number of rotatable bonds is 6. The van der Waals surface area contributed by atoms with Crippen LogP contribution >= 0.6 is 11.6 Å². The first-order chi connectivity index (χ1) is 12.7. The molecule has 0 saturated carbocycles. The number of amides is 1. The molecule has 0 radical (unpaired) electrons. The Bertz CT molecular complexity index is 906. The van der Waals surface area contributed by atoms with E-state index in [2.05, 4.69) is 10.6 Å². The summed E-state index contributed by atoms with van der Waals surface area (Å²) >= 11 is 5.83. The van der Waals surface area contributed by atoms with Crippen LogP contribution in [0.5, 0.6) is 0 Å². The van der Waals surface area contributed by atoms with Crippen LogP contribution in [0.3, 0.4) is 0 Å². The number of nitro groups is 1. The van der Waals surface area contributed by atoms with Gasteiger partial charge in [0.15, 0.2) is 6.10 Å². The number of nitrogens with one attached hydrogen (secondary N) is 2. The van der Waals surface area contributed by atoms with Gasteiger partial charge in [-0.15, -0.1) is 0 Å². The van der Waals surface area contributed by atoms with Gasteiger partial charge in [-0.3, -0.25) is 14.9 Å². The molecule has 0 aliphatic carbocycles. The summed E-state index contributed by atoms with van der Waals surface area (Å²) in [6.45, 7) is 1.32. The number of hydrogen-bond donors (Lipinski definition) is 2. The molecule has 0 saturated heterocycles. The van der Waals surface area contributed by atoms with Crippen LogP contribution in [0.2, 0.25) is 5.02 Å². The minimum absolute atomic E-state index is 0.0157. The second-order valence-corrected chi connectivity index (χ2v) is 5.81. The maximum absolute atomic E-state index is 13.0. The lowest BCUT2D eigenvalue weighted by molar-refractivity contribution is -0.384. The van der Waals surface area contributed by atoms with Crippen LogP contribution in [-0.4, -0.2) is 30.0 Å². The molecular formula is C17H15ClFN3O5. The molecule has 27 heavy (non-hydrogen) atoms. The van der Waals surface area contributed by atoms with Gasteiger partial charge in [0.2, 0.25) is 0 Å². The monoisotopic (exact) mass is 395 g/mol. The lowest BCUT2D eigenvalue weighted by Gasteiger charge is -2.15. The molecule has 1 amide bonds. The quantitative estimate of drug-likeness (QED) is 0.439. The molecule has 0 heterocycles. The van der Waals surface area contributed by atoms with Crippen molar-refractivity contribution >= 4 is 40.5 Å². The highest BCUT2D eigenvalue weighted by atomic mass is 35.5. The largest absolute Gasteiger partial charge is 0.449 e. The topological polar surface area (TPSA) is 111 Å². The van der Waals surface area contributed by atoms with E-state index in [1.807, 2.05) is 0 Å². The second-order valence-electron chi connectivity index (χ2n) is 5.40. The SMILES string of the molecule is CNc1ccc([N+](=O)[O-])cc1C(=O)O[C@H](C)C(=O)Nc1ccc(F)cc1Cl. The number of nitrogens with zero attached hydrogens (tertiary/aromatic N) is 1. The number of halogens is 2. The van der Waals surface area contributed by atoms with E-state index in [1.165, 1.54) is 32.2 Å². The standard InChI is InChI=1S/C17H15ClFN3O5/c1-9(16(23)21-15-5-3-10(19)7-13(15)18)27-17(24)12-8-11(22(25)26)4-6-14(12)20-2/h3-9,20H,1-2H3,(H,21,23)/t9-/m1/s1. The van der Waals surface area contributed by atoms with Crippen LogP contribution in [0, 0.1) is 15.9 Å². The minimum Gasteiger partial charge on any atom is -0.449 e. The van der Waals surface area contributed by atoms with Crippen molar-refractivity contribution in [1.82, 2.24) is 0 Å². The number of benzene rings is 2. The summed E-state index contributed by atoms with van der Waals surface area (Å²) < 4.78 is 18.1. The van der Waals surface area contributed by atoms with Crippen molar-refractivity contribution in [1.29, 1.82) is 0 Å². The molecule has 142 valence electrons. The van der Waals surface area contributed by atoms with E-state index in [1.54, 1.807) is 0 Å². The first kappa shape index (κ1) is 20.1. The predicted octanol–water partition coefficient (Wildman–Crippen LogP) is 3.61. The van der Waals surface area contributed by atoms with Gasteiger partial charge < -0.3 is 15.4 Å². The van der Waals surface area contributed by atoms with E-state index in [0.717, 1.165) is 18.2 Å². The molecule has 0 spiro atoms. The molecule has 8 nitrogen and oxygen atoms in total. The molecular weight excluding hydrogens is 381 g/mol. The van der Waals surface area contributed by atoms with Crippen molar-refractivity contribution < 1.29 is 23.6 Å². The van der Waals surface area contributed by atoms with Gasteiger partial charge in [-0.2, -0.15) is 0 Å². The zero-order chi connectivity index (χ0) is 20.1. The summed E-state index contributed by atoms with van der Waals surface area (Å²) in [5.41, 5.74) is 0.0688. The number of carbonyl (C=O) groups excluding carboxylic acids is 2. The normalized spacial score (nSPS) is 11.4.